The molecule has 1 aromatic carbocycles. The summed E-state index contributed by atoms with van der Waals surface area (Å²) in [5.41, 5.74) is 2.64. The van der Waals surface area contributed by atoms with E-state index in [1.807, 2.05) is 31.4 Å². The molecule has 0 unspecified atom stereocenters. The van der Waals surface area contributed by atoms with Gasteiger partial charge in [-0.2, -0.15) is 20.0 Å². The Morgan fingerprint density at radius 3 is 2.64 bits per heavy atom. The first-order valence-electron chi connectivity index (χ1n) is 6.55. The zero-order valence-corrected chi connectivity index (χ0v) is 13.7. The van der Waals surface area contributed by atoms with Crippen molar-refractivity contribution >= 4 is 30.2 Å². The fraction of sp³-hybridized carbons (Fsp3) is 0.143. The van der Waals surface area contributed by atoms with Crippen molar-refractivity contribution in [1.82, 2.24) is 25.1 Å². The molecule has 22 heavy (non-hydrogen) atoms. The third-order valence-corrected chi connectivity index (χ3v) is 4.03. The quantitative estimate of drug-likeness (QED) is 0.437. The molecule has 8 heteroatoms. The fourth-order valence-corrected chi connectivity index (χ4v) is 2.50. The zero-order chi connectivity index (χ0) is 15.5. The van der Waals surface area contributed by atoms with Crippen LogP contribution in [0.4, 0.5) is 0 Å². The Labute approximate surface area is 136 Å². The van der Waals surface area contributed by atoms with E-state index in [2.05, 4.69) is 37.6 Å². The van der Waals surface area contributed by atoms with Gasteiger partial charge < -0.3 is 0 Å². The molecule has 0 fully saturated rings. The molecule has 2 N–H and O–H groups in total. The molecule has 0 aliphatic carbocycles. The number of rotatable bonds is 4. The number of hydrogen-bond donors (Lipinski definition) is 2. The Kier molecular flexibility index (Phi) is 4.21. The van der Waals surface area contributed by atoms with Gasteiger partial charge in [-0.25, -0.2) is 5.10 Å². The largest absolute Gasteiger partial charge is 0.282 e. The first kappa shape index (κ1) is 14.7. The molecule has 0 atom stereocenters. The smallest absolute Gasteiger partial charge is 0.216 e. The summed E-state index contributed by atoms with van der Waals surface area (Å²) in [6.45, 7) is 1.93. The molecule has 0 amide bonds. The number of nitrogens with one attached hydrogen (secondary N) is 2. The third kappa shape index (κ3) is 3.02. The van der Waals surface area contributed by atoms with Crippen molar-refractivity contribution in [2.75, 3.05) is 6.26 Å². The van der Waals surface area contributed by atoms with E-state index in [0.717, 1.165) is 11.3 Å². The SMILES string of the molecule is CSc1ccc(C=Nn2c(-c3cc(C)[nH]n3)n[nH]c2=S)cc1. The summed E-state index contributed by atoms with van der Waals surface area (Å²) < 4.78 is 1.99. The van der Waals surface area contributed by atoms with E-state index in [1.165, 1.54) is 4.90 Å². The number of hydrogen-bond acceptors (Lipinski definition) is 5. The second-order valence-electron chi connectivity index (χ2n) is 4.62. The number of benzene rings is 1. The van der Waals surface area contributed by atoms with Crippen LogP contribution in [0.3, 0.4) is 0 Å². The van der Waals surface area contributed by atoms with Crippen molar-refractivity contribution in [3.05, 3.63) is 46.4 Å². The molecule has 0 spiro atoms. The standard InChI is InChI=1S/C14H14N6S2/c1-9-7-12(17-16-9)13-18-19-14(21)20(13)15-8-10-3-5-11(22-2)6-4-10/h3-8H,1-2H3,(H,16,17)(H,19,21). The Morgan fingerprint density at radius 2 is 2.00 bits per heavy atom. The number of aryl methyl sites for hydroxylation is 1. The van der Waals surface area contributed by atoms with Crippen LogP contribution in [0, 0.1) is 11.7 Å². The van der Waals surface area contributed by atoms with Crippen LogP contribution in [0.15, 0.2) is 40.3 Å². The molecule has 0 aliphatic rings. The Hall–Kier alpha value is -2.19. The maximum atomic E-state index is 5.22. The van der Waals surface area contributed by atoms with Gasteiger partial charge in [0.1, 0.15) is 5.69 Å². The lowest BCUT2D eigenvalue weighted by molar-refractivity contribution is 0.865. The Morgan fingerprint density at radius 1 is 1.23 bits per heavy atom. The topological polar surface area (TPSA) is 74.7 Å². The lowest BCUT2D eigenvalue weighted by Crippen LogP contribution is -1.95. The van der Waals surface area contributed by atoms with E-state index in [1.54, 1.807) is 22.7 Å². The van der Waals surface area contributed by atoms with Gasteiger partial charge in [0.2, 0.25) is 10.6 Å². The first-order valence-corrected chi connectivity index (χ1v) is 8.19. The number of thioether (sulfide) groups is 1. The van der Waals surface area contributed by atoms with Gasteiger partial charge in [-0.05, 0) is 49.2 Å². The van der Waals surface area contributed by atoms with Crippen molar-refractivity contribution in [2.24, 2.45) is 5.10 Å². The normalized spacial score (nSPS) is 11.4. The summed E-state index contributed by atoms with van der Waals surface area (Å²) in [5.74, 6) is 0.575. The van der Waals surface area contributed by atoms with Crippen molar-refractivity contribution in [2.45, 2.75) is 11.8 Å². The number of aromatic nitrogens is 5. The van der Waals surface area contributed by atoms with E-state index >= 15 is 0 Å². The first-order chi connectivity index (χ1) is 10.7. The van der Waals surface area contributed by atoms with Gasteiger partial charge in [0, 0.05) is 10.6 Å². The van der Waals surface area contributed by atoms with Gasteiger partial charge in [0.05, 0.1) is 6.21 Å². The van der Waals surface area contributed by atoms with Crippen LogP contribution in [-0.2, 0) is 0 Å². The maximum absolute atomic E-state index is 5.22. The number of aromatic amines is 2. The summed E-state index contributed by atoms with van der Waals surface area (Å²) in [7, 11) is 0. The summed E-state index contributed by atoms with van der Waals surface area (Å²) in [6.07, 6.45) is 3.80. The predicted octanol–water partition coefficient (Wildman–Crippen LogP) is 3.24. The maximum Gasteiger partial charge on any atom is 0.216 e. The Balaban J connectivity index is 1.93. The summed E-state index contributed by atoms with van der Waals surface area (Å²) in [6, 6.07) is 10.0. The average Bonchev–Trinajstić information content (AvgIpc) is 3.11. The highest BCUT2D eigenvalue weighted by molar-refractivity contribution is 7.98. The molecule has 0 aliphatic heterocycles. The van der Waals surface area contributed by atoms with E-state index in [4.69, 9.17) is 12.2 Å². The van der Waals surface area contributed by atoms with Crippen LogP contribution in [0.2, 0.25) is 0 Å². The summed E-state index contributed by atoms with van der Waals surface area (Å²) >= 11 is 6.93. The van der Waals surface area contributed by atoms with Gasteiger partial charge in [-0.3, -0.25) is 5.10 Å². The van der Waals surface area contributed by atoms with Gasteiger partial charge in [0.25, 0.3) is 0 Å². The van der Waals surface area contributed by atoms with E-state index in [0.29, 0.717) is 16.3 Å². The predicted molar refractivity (Wildman–Crippen MR) is 90.9 cm³/mol. The molecule has 0 saturated carbocycles. The fourth-order valence-electron chi connectivity index (χ4n) is 1.91. The van der Waals surface area contributed by atoms with Crippen LogP contribution in [-0.4, -0.2) is 37.5 Å². The minimum Gasteiger partial charge on any atom is -0.282 e. The highest BCUT2D eigenvalue weighted by atomic mass is 32.2. The molecular formula is C14H14N6S2. The summed E-state index contributed by atoms with van der Waals surface area (Å²) in [4.78, 5) is 1.21. The van der Waals surface area contributed by atoms with E-state index < -0.39 is 0 Å². The molecule has 0 saturated heterocycles. The van der Waals surface area contributed by atoms with Crippen LogP contribution in [0.5, 0.6) is 0 Å². The molecule has 0 radical (unpaired) electrons. The molecule has 0 bridgehead atoms. The molecule has 2 heterocycles. The summed E-state index contributed by atoms with van der Waals surface area (Å²) in [5, 5.41) is 18.4. The van der Waals surface area contributed by atoms with Gasteiger partial charge in [0.15, 0.2) is 0 Å². The molecule has 6 nitrogen and oxygen atoms in total. The van der Waals surface area contributed by atoms with Gasteiger partial charge in [-0.15, -0.1) is 11.8 Å². The van der Waals surface area contributed by atoms with Crippen molar-refractivity contribution in [3.8, 4) is 11.5 Å². The van der Waals surface area contributed by atoms with E-state index in [9.17, 15) is 0 Å². The van der Waals surface area contributed by atoms with Gasteiger partial charge >= 0.3 is 0 Å². The van der Waals surface area contributed by atoms with Crippen LogP contribution >= 0.6 is 24.0 Å². The van der Waals surface area contributed by atoms with Crippen molar-refractivity contribution in [1.29, 1.82) is 0 Å². The third-order valence-electron chi connectivity index (χ3n) is 3.02. The molecular weight excluding hydrogens is 316 g/mol. The lowest BCUT2D eigenvalue weighted by atomic mass is 10.2. The highest BCUT2D eigenvalue weighted by Crippen LogP contribution is 2.16. The minimum absolute atomic E-state index is 0.424. The number of H-pyrrole nitrogens is 2. The van der Waals surface area contributed by atoms with Crippen molar-refractivity contribution in [3.63, 3.8) is 0 Å². The lowest BCUT2D eigenvalue weighted by Gasteiger charge is -1.98. The molecule has 2 aromatic heterocycles. The van der Waals surface area contributed by atoms with Crippen LogP contribution < -0.4 is 0 Å². The second kappa shape index (κ2) is 6.29. The van der Waals surface area contributed by atoms with Crippen LogP contribution in [0.25, 0.3) is 11.5 Å². The van der Waals surface area contributed by atoms with E-state index in [-0.39, 0.29) is 0 Å². The highest BCUT2D eigenvalue weighted by Gasteiger charge is 2.10. The minimum atomic E-state index is 0.424. The van der Waals surface area contributed by atoms with Crippen LogP contribution in [0.1, 0.15) is 11.3 Å². The number of nitrogens with zero attached hydrogens (tertiary/aromatic N) is 4. The molecule has 112 valence electrons. The zero-order valence-electron chi connectivity index (χ0n) is 12.1. The van der Waals surface area contributed by atoms with Gasteiger partial charge in [-0.1, -0.05) is 12.1 Å². The average molecular weight is 330 g/mol. The monoisotopic (exact) mass is 330 g/mol. The molecule has 3 aromatic rings. The Bertz CT molecular complexity index is 856. The molecule has 3 rings (SSSR count). The second-order valence-corrected chi connectivity index (χ2v) is 5.88. The van der Waals surface area contributed by atoms with Crippen molar-refractivity contribution < 1.29 is 0 Å².